The van der Waals surface area contributed by atoms with Crippen LogP contribution in [0, 0.1) is 5.82 Å². The first-order valence-corrected chi connectivity index (χ1v) is 4.93. The molecule has 1 aromatic rings. The van der Waals surface area contributed by atoms with Gasteiger partial charge >= 0.3 is 0 Å². The molecular formula is C11H16FNO2. The minimum Gasteiger partial charge on any atom is -0.395 e. The zero-order valence-corrected chi connectivity index (χ0v) is 8.65. The summed E-state index contributed by atoms with van der Waals surface area (Å²) >= 11 is 0. The van der Waals surface area contributed by atoms with Crippen molar-refractivity contribution in [1.29, 1.82) is 0 Å². The van der Waals surface area contributed by atoms with Gasteiger partial charge in [-0.3, -0.25) is 0 Å². The van der Waals surface area contributed by atoms with Gasteiger partial charge in [0.25, 0.3) is 0 Å². The van der Waals surface area contributed by atoms with Crippen LogP contribution in [-0.4, -0.2) is 29.4 Å². The number of aliphatic hydroxyl groups is 2. The van der Waals surface area contributed by atoms with Crippen molar-refractivity contribution < 1.29 is 14.6 Å². The monoisotopic (exact) mass is 213 g/mol. The summed E-state index contributed by atoms with van der Waals surface area (Å²) in [5, 5.41) is 21.4. The van der Waals surface area contributed by atoms with Crippen molar-refractivity contribution >= 4 is 0 Å². The van der Waals surface area contributed by atoms with Gasteiger partial charge in [-0.1, -0.05) is 12.1 Å². The Morgan fingerprint density at radius 1 is 1.33 bits per heavy atom. The van der Waals surface area contributed by atoms with Crippen molar-refractivity contribution in [3.05, 3.63) is 35.6 Å². The van der Waals surface area contributed by atoms with E-state index >= 15 is 0 Å². The van der Waals surface area contributed by atoms with E-state index in [9.17, 15) is 9.50 Å². The zero-order valence-electron chi connectivity index (χ0n) is 8.65. The highest BCUT2D eigenvalue weighted by Crippen LogP contribution is 2.16. The molecule has 0 saturated heterocycles. The van der Waals surface area contributed by atoms with E-state index in [1.807, 2.05) is 6.92 Å². The molecule has 4 heteroatoms. The molecule has 2 unspecified atom stereocenters. The Balaban J connectivity index is 2.59. The zero-order chi connectivity index (χ0) is 11.3. The second kappa shape index (κ2) is 5.80. The van der Waals surface area contributed by atoms with Crippen LogP contribution in [0.5, 0.6) is 0 Å². The molecule has 84 valence electrons. The molecular weight excluding hydrogens is 197 g/mol. The number of halogens is 1. The first-order chi connectivity index (χ1) is 7.15. The van der Waals surface area contributed by atoms with Crippen LogP contribution in [0.15, 0.2) is 24.3 Å². The van der Waals surface area contributed by atoms with E-state index < -0.39 is 6.10 Å². The van der Waals surface area contributed by atoms with E-state index in [4.69, 9.17) is 5.11 Å². The van der Waals surface area contributed by atoms with E-state index in [1.165, 1.54) is 12.1 Å². The number of nitrogens with one attached hydrogen (secondary N) is 1. The molecule has 0 bridgehead atoms. The molecule has 0 aliphatic heterocycles. The molecule has 0 aliphatic carbocycles. The predicted molar refractivity (Wildman–Crippen MR) is 55.9 cm³/mol. The summed E-state index contributed by atoms with van der Waals surface area (Å²) in [5.74, 6) is -0.318. The predicted octanol–water partition coefficient (Wildman–Crippen LogP) is 0.830. The largest absolute Gasteiger partial charge is 0.395 e. The Labute approximate surface area is 88.6 Å². The SMILES string of the molecule is CC(NCCO)C(O)c1ccc(F)cc1. The third kappa shape index (κ3) is 3.58. The fraction of sp³-hybridized carbons (Fsp3) is 0.455. The van der Waals surface area contributed by atoms with E-state index in [2.05, 4.69) is 5.32 Å². The summed E-state index contributed by atoms with van der Waals surface area (Å²) in [5.41, 5.74) is 0.661. The standard InChI is InChI=1S/C11H16FNO2/c1-8(13-6-7-14)11(15)9-2-4-10(12)5-3-9/h2-5,8,11,13-15H,6-7H2,1H3. The summed E-state index contributed by atoms with van der Waals surface area (Å²) in [6, 6.07) is 5.56. The Morgan fingerprint density at radius 3 is 2.47 bits per heavy atom. The fourth-order valence-electron chi connectivity index (χ4n) is 1.35. The smallest absolute Gasteiger partial charge is 0.123 e. The maximum absolute atomic E-state index is 12.6. The molecule has 0 radical (unpaired) electrons. The minimum absolute atomic E-state index is 0.0283. The molecule has 2 atom stereocenters. The van der Waals surface area contributed by atoms with Crippen molar-refractivity contribution in [1.82, 2.24) is 5.32 Å². The van der Waals surface area contributed by atoms with Crippen molar-refractivity contribution in [3.63, 3.8) is 0 Å². The van der Waals surface area contributed by atoms with Crippen LogP contribution < -0.4 is 5.32 Å². The van der Waals surface area contributed by atoms with Crippen molar-refractivity contribution in [3.8, 4) is 0 Å². The lowest BCUT2D eigenvalue weighted by atomic mass is 10.0. The van der Waals surface area contributed by atoms with Crippen molar-refractivity contribution in [2.24, 2.45) is 0 Å². The number of benzene rings is 1. The Morgan fingerprint density at radius 2 is 1.93 bits per heavy atom. The number of hydrogen-bond donors (Lipinski definition) is 3. The second-order valence-electron chi connectivity index (χ2n) is 3.46. The summed E-state index contributed by atoms with van der Waals surface area (Å²) in [6.45, 7) is 2.27. The summed E-state index contributed by atoms with van der Waals surface area (Å²) in [7, 11) is 0. The normalized spacial score (nSPS) is 14.9. The Bertz CT molecular complexity index is 289. The molecule has 0 spiro atoms. The van der Waals surface area contributed by atoms with Gasteiger partial charge in [-0.2, -0.15) is 0 Å². The molecule has 0 saturated carbocycles. The maximum Gasteiger partial charge on any atom is 0.123 e. The lowest BCUT2D eigenvalue weighted by Gasteiger charge is -2.20. The van der Waals surface area contributed by atoms with Gasteiger partial charge in [0.15, 0.2) is 0 Å². The Hall–Kier alpha value is -0.970. The lowest BCUT2D eigenvalue weighted by molar-refractivity contribution is 0.132. The van der Waals surface area contributed by atoms with Gasteiger partial charge in [0.1, 0.15) is 5.82 Å². The topological polar surface area (TPSA) is 52.5 Å². The van der Waals surface area contributed by atoms with Crippen LogP contribution in [0.4, 0.5) is 4.39 Å². The number of aliphatic hydroxyl groups excluding tert-OH is 2. The molecule has 15 heavy (non-hydrogen) atoms. The highest BCUT2D eigenvalue weighted by Gasteiger charge is 2.15. The highest BCUT2D eigenvalue weighted by atomic mass is 19.1. The maximum atomic E-state index is 12.6. The molecule has 1 aromatic carbocycles. The van der Waals surface area contributed by atoms with Gasteiger partial charge < -0.3 is 15.5 Å². The van der Waals surface area contributed by atoms with Crippen LogP contribution in [0.3, 0.4) is 0 Å². The summed E-state index contributed by atoms with van der Waals surface area (Å²) in [6.07, 6.45) is -0.697. The summed E-state index contributed by atoms with van der Waals surface area (Å²) < 4.78 is 12.6. The van der Waals surface area contributed by atoms with Crippen molar-refractivity contribution in [2.45, 2.75) is 19.1 Å². The third-order valence-corrected chi connectivity index (χ3v) is 2.26. The first-order valence-electron chi connectivity index (χ1n) is 4.93. The van der Waals surface area contributed by atoms with Crippen LogP contribution in [-0.2, 0) is 0 Å². The molecule has 0 fully saturated rings. The van der Waals surface area contributed by atoms with E-state index in [0.717, 1.165) is 0 Å². The summed E-state index contributed by atoms with van der Waals surface area (Å²) in [4.78, 5) is 0. The Kier molecular flexibility index (Phi) is 4.68. The van der Waals surface area contributed by atoms with Gasteiger partial charge in [-0.05, 0) is 24.6 Å². The molecule has 3 N–H and O–H groups in total. The third-order valence-electron chi connectivity index (χ3n) is 2.26. The fourth-order valence-corrected chi connectivity index (χ4v) is 1.35. The minimum atomic E-state index is -0.697. The van der Waals surface area contributed by atoms with Gasteiger partial charge in [0.05, 0.1) is 12.7 Å². The van der Waals surface area contributed by atoms with E-state index in [-0.39, 0.29) is 18.5 Å². The quantitative estimate of drug-likeness (QED) is 0.679. The van der Waals surface area contributed by atoms with Gasteiger partial charge in [-0.15, -0.1) is 0 Å². The van der Waals surface area contributed by atoms with Gasteiger partial charge in [0.2, 0.25) is 0 Å². The number of rotatable bonds is 5. The lowest BCUT2D eigenvalue weighted by Crippen LogP contribution is -2.34. The second-order valence-corrected chi connectivity index (χ2v) is 3.46. The molecule has 0 aliphatic rings. The van der Waals surface area contributed by atoms with Crippen molar-refractivity contribution in [2.75, 3.05) is 13.2 Å². The molecule has 0 aromatic heterocycles. The molecule has 0 heterocycles. The molecule has 1 rings (SSSR count). The van der Waals surface area contributed by atoms with E-state index in [0.29, 0.717) is 12.1 Å². The molecule has 0 amide bonds. The molecule has 3 nitrogen and oxygen atoms in total. The van der Waals surface area contributed by atoms with Crippen LogP contribution in [0.1, 0.15) is 18.6 Å². The number of hydrogen-bond acceptors (Lipinski definition) is 3. The van der Waals surface area contributed by atoms with Crippen LogP contribution >= 0.6 is 0 Å². The van der Waals surface area contributed by atoms with E-state index in [1.54, 1.807) is 12.1 Å². The van der Waals surface area contributed by atoms with Gasteiger partial charge in [-0.25, -0.2) is 4.39 Å². The highest BCUT2D eigenvalue weighted by molar-refractivity contribution is 5.19. The van der Waals surface area contributed by atoms with Crippen LogP contribution in [0.25, 0.3) is 0 Å². The first kappa shape index (κ1) is 12.1. The average Bonchev–Trinajstić information content (AvgIpc) is 2.26. The average molecular weight is 213 g/mol. The van der Waals surface area contributed by atoms with Gasteiger partial charge in [0, 0.05) is 12.6 Å². The van der Waals surface area contributed by atoms with Crippen LogP contribution in [0.2, 0.25) is 0 Å².